The van der Waals surface area contributed by atoms with Gasteiger partial charge in [0.1, 0.15) is 5.75 Å². The number of likely N-dealkylation sites (tertiary alicyclic amines) is 1. The first-order valence-corrected chi connectivity index (χ1v) is 5.27. The van der Waals surface area contributed by atoms with E-state index in [4.69, 9.17) is 11.6 Å². The molecule has 1 aliphatic heterocycles. The molecule has 0 aromatic heterocycles. The van der Waals surface area contributed by atoms with E-state index in [1.807, 2.05) is 0 Å². The Morgan fingerprint density at radius 1 is 1.50 bits per heavy atom. The quantitative estimate of drug-likeness (QED) is 0.778. The minimum atomic E-state index is -0.781. The summed E-state index contributed by atoms with van der Waals surface area (Å²) < 4.78 is 0. The first kappa shape index (κ1) is 11.2. The predicted molar refractivity (Wildman–Crippen MR) is 59.6 cm³/mol. The molecule has 0 spiro atoms. The molecule has 0 saturated carbocycles. The molecule has 16 heavy (non-hydrogen) atoms. The molecule has 0 aliphatic carbocycles. The number of aromatic hydroxyl groups is 1. The number of carbonyl (C=O) groups excluding carboxylic acids is 1. The number of benzene rings is 1. The Morgan fingerprint density at radius 3 is 2.62 bits per heavy atom. The van der Waals surface area contributed by atoms with Crippen molar-refractivity contribution >= 4 is 17.5 Å². The molecule has 86 valence electrons. The average molecular weight is 242 g/mol. The van der Waals surface area contributed by atoms with E-state index in [1.165, 1.54) is 23.1 Å². The summed E-state index contributed by atoms with van der Waals surface area (Å²) in [7, 11) is 0. The van der Waals surface area contributed by atoms with E-state index in [2.05, 4.69) is 0 Å². The van der Waals surface area contributed by atoms with Crippen molar-refractivity contribution in [1.29, 1.82) is 0 Å². The van der Waals surface area contributed by atoms with Gasteiger partial charge in [-0.3, -0.25) is 4.79 Å². The minimum Gasteiger partial charge on any atom is -0.506 e. The van der Waals surface area contributed by atoms with Crippen LogP contribution < -0.4 is 0 Å². The van der Waals surface area contributed by atoms with Gasteiger partial charge >= 0.3 is 0 Å². The van der Waals surface area contributed by atoms with Crippen LogP contribution in [0.1, 0.15) is 17.3 Å². The van der Waals surface area contributed by atoms with E-state index in [-0.39, 0.29) is 16.7 Å². The van der Waals surface area contributed by atoms with Crippen LogP contribution in [-0.4, -0.2) is 39.7 Å². The molecule has 0 unspecified atom stereocenters. The number of phenols is 1. The number of amides is 1. The van der Waals surface area contributed by atoms with Gasteiger partial charge in [0.25, 0.3) is 5.91 Å². The van der Waals surface area contributed by atoms with Gasteiger partial charge in [0.15, 0.2) is 0 Å². The fraction of sp³-hybridized carbons (Fsp3) is 0.364. The van der Waals surface area contributed by atoms with E-state index >= 15 is 0 Å². The lowest BCUT2D eigenvalue weighted by Crippen LogP contribution is -2.61. The molecule has 1 fully saturated rings. The first-order chi connectivity index (χ1) is 7.39. The summed E-state index contributed by atoms with van der Waals surface area (Å²) in [6, 6.07) is 4.32. The standard InChI is InChI=1S/C11H12ClNO3/c1-11(16)5-13(6-11)10(15)7-2-3-9(14)8(12)4-7/h2-4,14,16H,5-6H2,1H3. The van der Waals surface area contributed by atoms with Crippen LogP contribution >= 0.6 is 11.6 Å². The summed E-state index contributed by atoms with van der Waals surface area (Å²) >= 11 is 5.71. The minimum absolute atomic E-state index is 0.0474. The van der Waals surface area contributed by atoms with E-state index in [1.54, 1.807) is 6.92 Å². The van der Waals surface area contributed by atoms with Gasteiger partial charge in [-0.05, 0) is 25.1 Å². The number of β-amino-alcohol motifs (C(OH)–C–C–N with tert-alkyl or cyclic N) is 1. The van der Waals surface area contributed by atoms with Crippen molar-refractivity contribution in [3.8, 4) is 5.75 Å². The van der Waals surface area contributed by atoms with Crippen LogP contribution in [0.2, 0.25) is 5.02 Å². The van der Waals surface area contributed by atoms with Crippen LogP contribution in [0.5, 0.6) is 5.75 Å². The van der Waals surface area contributed by atoms with Crippen LogP contribution in [0, 0.1) is 0 Å². The molecule has 1 amide bonds. The van der Waals surface area contributed by atoms with Crippen molar-refractivity contribution in [3.63, 3.8) is 0 Å². The highest BCUT2D eigenvalue weighted by Crippen LogP contribution is 2.27. The van der Waals surface area contributed by atoms with E-state index in [0.717, 1.165) is 0 Å². The molecule has 0 bridgehead atoms. The average Bonchev–Trinajstić information content (AvgIpc) is 2.17. The molecule has 2 N–H and O–H groups in total. The van der Waals surface area contributed by atoms with Gasteiger partial charge in [-0.2, -0.15) is 0 Å². The molecule has 1 aromatic rings. The SMILES string of the molecule is CC1(O)CN(C(=O)c2ccc(O)c(Cl)c2)C1. The fourth-order valence-corrected chi connectivity index (χ4v) is 1.92. The molecule has 4 nitrogen and oxygen atoms in total. The van der Waals surface area contributed by atoms with Crippen molar-refractivity contribution < 1.29 is 15.0 Å². The molecule has 1 aromatic carbocycles. The summed E-state index contributed by atoms with van der Waals surface area (Å²) in [5, 5.41) is 18.9. The fourth-order valence-electron chi connectivity index (χ4n) is 1.74. The monoisotopic (exact) mass is 241 g/mol. The highest BCUT2D eigenvalue weighted by molar-refractivity contribution is 6.32. The molecular formula is C11H12ClNO3. The third kappa shape index (κ3) is 1.99. The number of carbonyl (C=O) groups is 1. The summed E-state index contributed by atoms with van der Waals surface area (Å²) in [5.41, 5.74) is -0.366. The molecule has 1 heterocycles. The summed E-state index contributed by atoms with van der Waals surface area (Å²) in [4.78, 5) is 13.4. The zero-order chi connectivity index (χ0) is 11.9. The molecule has 2 rings (SSSR count). The molecule has 1 saturated heterocycles. The van der Waals surface area contributed by atoms with E-state index in [0.29, 0.717) is 18.7 Å². The zero-order valence-corrected chi connectivity index (χ0v) is 9.53. The van der Waals surface area contributed by atoms with Gasteiger partial charge in [0.2, 0.25) is 0 Å². The van der Waals surface area contributed by atoms with Crippen molar-refractivity contribution in [2.45, 2.75) is 12.5 Å². The lowest BCUT2D eigenvalue weighted by molar-refractivity contribution is -0.0668. The topological polar surface area (TPSA) is 60.8 Å². The predicted octanol–water partition coefficient (Wildman–Crippen LogP) is 1.25. The van der Waals surface area contributed by atoms with Gasteiger partial charge in [-0.25, -0.2) is 0 Å². The smallest absolute Gasteiger partial charge is 0.254 e. The number of halogens is 1. The number of nitrogens with zero attached hydrogens (tertiary/aromatic N) is 1. The number of rotatable bonds is 1. The summed E-state index contributed by atoms with van der Waals surface area (Å²) in [6.45, 7) is 2.33. The summed E-state index contributed by atoms with van der Waals surface area (Å²) in [5.74, 6) is -0.234. The normalized spacial score (nSPS) is 18.1. The van der Waals surface area contributed by atoms with Gasteiger partial charge in [-0.15, -0.1) is 0 Å². The second-order valence-electron chi connectivity index (χ2n) is 4.32. The van der Waals surface area contributed by atoms with Gasteiger partial charge in [-0.1, -0.05) is 11.6 Å². The van der Waals surface area contributed by atoms with E-state index in [9.17, 15) is 15.0 Å². The molecule has 0 radical (unpaired) electrons. The Balaban J connectivity index is 2.13. The first-order valence-electron chi connectivity index (χ1n) is 4.89. The molecular weight excluding hydrogens is 230 g/mol. The van der Waals surface area contributed by atoms with Gasteiger partial charge < -0.3 is 15.1 Å². The second kappa shape index (κ2) is 3.64. The van der Waals surface area contributed by atoms with Gasteiger partial charge in [0, 0.05) is 5.56 Å². The summed E-state index contributed by atoms with van der Waals surface area (Å²) in [6.07, 6.45) is 0. The molecule has 1 aliphatic rings. The van der Waals surface area contributed by atoms with Crippen molar-refractivity contribution in [1.82, 2.24) is 4.90 Å². The highest BCUT2D eigenvalue weighted by Gasteiger charge is 2.39. The maximum atomic E-state index is 11.9. The third-order valence-electron chi connectivity index (χ3n) is 2.54. The van der Waals surface area contributed by atoms with E-state index < -0.39 is 5.60 Å². The third-order valence-corrected chi connectivity index (χ3v) is 2.85. The highest BCUT2D eigenvalue weighted by atomic mass is 35.5. The van der Waals surface area contributed by atoms with Gasteiger partial charge in [0.05, 0.1) is 23.7 Å². The number of aliphatic hydroxyl groups is 1. The van der Waals surface area contributed by atoms with Crippen LogP contribution in [0.25, 0.3) is 0 Å². The number of hydrogen-bond acceptors (Lipinski definition) is 3. The maximum Gasteiger partial charge on any atom is 0.254 e. The lowest BCUT2D eigenvalue weighted by atomic mass is 9.96. The van der Waals surface area contributed by atoms with Crippen molar-refractivity contribution in [2.75, 3.05) is 13.1 Å². The van der Waals surface area contributed by atoms with Crippen LogP contribution in [0.4, 0.5) is 0 Å². The Bertz CT molecular complexity index is 437. The molecule has 5 heteroatoms. The maximum absolute atomic E-state index is 11.9. The Kier molecular flexibility index (Phi) is 2.56. The van der Waals surface area contributed by atoms with Crippen LogP contribution in [0.3, 0.4) is 0 Å². The number of hydrogen-bond donors (Lipinski definition) is 2. The van der Waals surface area contributed by atoms with Crippen molar-refractivity contribution in [3.05, 3.63) is 28.8 Å². The Labute approximate surface area is 98.1 Å². The Morgan fingerprint density at radius 2 is 2.12 bits per heavy atom. The molecule has 0 atom stereocenters. The Hall–Kier alpha value is -1.26. The van der Waals surface area contributed by atoms with Crippen LogP contribution in [0.15, 0.2) is 18.2 Å². The lowest BCUT2D eigenvalue weighted by Gasteiger charge is -2.44. The van der Waals surface area contributed by atoms with Crippen LogP contribution in [-0.2, 0) is 0 Å². The second-order valence-corrected chi connectivity index (χ2v) is 4.73. The number of phenolic OH excluding ortho intramolecular Hbond substituents is 1. The zero-order valence-electron chi connectivity index (χ0n) is 8.77. The van der Waals surface area contributed by atoms with Crippen molar-refractivity contribution in [2.24, 2.45) is 0 Å². The largest absolute Gasteiger partial charge is 0.506 e.